The van der Waals surface area contributed by atoms with E-state index in [1.165, 1.54) is 0 Å². The average Bonchev–Trinajstić information content (AvgIpc) is 2.72. The normalized spacial score (nSPS) is 13.4. The van der Waals surface area contributed by atoms with Crippen molar-refractivity contribution in [3.63, 3.8) is 0 Å². The number of anilines is 3. The lowest BCUT2D eigenvalue weighted by molar-refractivity contribution is -0.139. The molecule has 9 heteroatoms. The molecule has 0 spiro atoms. The maximum atomic E-state index is 13.3. The van der Waals surface area contributed by atoms with Crippen LogP contribution in [-0.4, -0.2) is 15.9 Å². The summed E-state index contributed by atoms with van der Waals surface area (Å²) >= 11 is 0. The maximum Gasteiger partial charge on any atom is 0.423 e. The van der Waals surface area contributed by atoms with Gasteiger partial charge in [-0.1, -0.05) is 30.3 Å². The second kappa shape index (κ2) is 8.02. The van der Waals surface area contributed by atoms with Gasteiger partial charge in [0.05, 0.1) is 0 Å². The van der Waals surface area contributed by atoms with E-state index in [2.05, 4.69) is 20.6 Å². The number of halogens is 3. The minimum Gasteiger partial charge on any atom is -0.472 e. The molecule has 0 atom stereocenters. The molecule has 1 aliphatic rings. The van der Waals surface area contributed by atoms with Crippen molar-refractivity contribution in [1.29, 1.82) is 0 Å². The number of hydrogen-bond donors (Lipinski definition) is 2. The zero-order valence-electron chi connectivity index (χ0n) is 15.7. The van der Waals surface area contributed by atoms with Crippen molar-refractivity contribution in [1.82, 2.24) is 9.97 Å². The predicted molar refractivity (Wildman–Crippen MR) is 104 cm³/mol. The number of carbonyl (C=O) groups excluding carboxylic acids is 1. The molecule has 154 valence electrons. The van der Waals surface area contributed by atoms with Crippen LogP contribution in [0.15, 0.2) is 54.7 Å². The van der Waals surface area contributed by atoms with Crippen LogP contribution in [0.5, 0.6) is 5.88 Å². The maximum absolute atomic E-state index is 13.3. The van der Waals surface area contributed by atoms with E-state index in [1.807, 2.05) is 0 Å². The number of fused-ring (bicyclic) bond motifs is 1. The molecular formula is C21H17F3N4O2. The van der Waals surface area contributed by atoms with Crippen molar-refractivity contribution in [2.24, 2.45) is 0 Å². The molecule has 0 aliphatic carbocycles. The number of benzene rings is 2. The van der Waals surface area contributed by atoms with Crippen molar-refractivity contribution in [3.05, 3.63) is 71.4 Å². The number of aromatic nitrogens is 2. The molecule has 2 aromatic carbocycles. The first-order valence-corrected chi connectivity index (χ1v) is 9.19. The highest BCUT2D eigenvalue weighted by Gasteiger charge is 2.36. The van der Waals surface area contributed by atoms with Crippen molar-refractivity contribution in [2.45, 2.75) is 25.6 Å². The average molecular weight is 414 g/mol. The molecule has 4 rings (SSSR count). The number of hydrogen-bond acceptors (Lipinski definition) is 5. The lowest BCUT2D eigenvalue weighted by Crippen LogP contribution is -2.18. The topological polar surface area (TPSA) is 76.1 Å². The van der Waals surface area contributed by atoms with Crippen molar-refractivity contribution in [3.8, 4) is 5.88 Å². The van der Waals surface area contributed by atoms with Gasteiger partial charge < -0.3 is 15.4 Å². The van der Waals surface area contributed by atoms with Crippen molar-refractivity contribution in [2.75, 3.05) is 10.6 Å². The SMILES string of the molecule is O=C1CCc2cc(Nc3ncc(C(F)(F)F)c(OCc4ccccc4)n3)ccc2N1. The van der Waals surface area contributed by atoms with Gasteiger partial charge in [-0.2, -0.15) is 18.2 Å². The minimum absolute atomic E-state index is 0.0224. The van der Waals surface area contributed by atoms with E-state index in [1.54, 1.807) is 48.5 Å². The molecule has 1 aromatic heterocycles. The predicted octanol–water partition coefficient (Wildman–Crippen LogP) is 4.70. The number of nitrogens with one attached hydrogen (secondary N) is 2. The van der Waals surface area contributed by atoms with E-state index in [-0.39, 0.29) is 18.5 Å². The fourth-order valence-corrected chi connectivity index (χ4v) is 3.05. The molecule has 0 saturated heterocycles. The van der Waals surface area contributed by atoms with Crippen LogP contribution in [0.4, 0.5) is 30.5 Å². The monoisotopic (exact) mass is 414 g/mol. The number of alkyl halides is 3. The third kappa shape index (κ3) is 4.51. The Balaban J connectivity index is 1.57. The number of aryl methyl sites for hydroxylation is 1. The standard InChI is InChI=1S/C21H17F3N4O2/c22-21(23,24)16-11-25-20(28-19(16)30-12-13-4-2-1-3-5-13)26-15-7-8-17-14(10-15)6-9-18(29)27-17/h1-5,7-8,10-11H,6,9,12H2,(H,27,29)(H,25,26,28). The first kappa shape index (κ1) is 19.7. The van der Waals surface area contributed by atoms with Gasteiger partial charge in [-0.15, -0.1) is 0 Å². The molecule has 2 heterocycles. The fourth-order valence-electron chi connectivity index (χ4n) is 3.05. The summed E-state index contributed by atoms with van der Waals surface area (Å²) in [5.41, 5.74) is 1.91. The largest absolute Gasteiger partial charge is 0.472 e. The fraction of sp³-hybridized carbons (Fsp3) is 0.190. The molecule has 1 amide bonds. The first-order chi connectivity index (χ1) is 14.4. The Kier molecular flexibility index (Phi) is 5.26. The molecule has 3 aromatic rings. The van der Waals surface area contributed by atoms with Gasteiger partial charge in [-0.25, -0.2) is 4.98 Å². The summed E-state index contributed by atoms with van der Waals surface area (Å²) in [5.74, 6) is -0.616. The molecule has 0 bridgehead atoms. The first-order valence-electron chi connectivity index (χ1n) is 9.19. The lowest BCUT2D eigenvalue weighted by atomic mass is 10.0. The highest BCUT2D eigenvalue weighted by molar-refractivity contribution is 5.94. The van der Waals surface area contributed by atoms with Crippen molar-refractivity contribution < 1.29 is 22.7 Å². The Morgan fingerprint density at radius 1 is 1.10 bits per heavy atom. The van der Waals surface area contributed by atoms with E-state index in [4.69, 9.17) is 4.74 Å². The lowest BCUT2D eigenvalue weighted by Gasteiger charge is -2.18. The van der Waals surface area contributed by atoms with Gasteiger partial charge in [-0.3, -0.25) is 4.79 Å². The third-order valence-corrected chi connectivity index (χ3v) is 4.53. The van der Waals surface area contributed by atoms with E-state index >= 15 is 0 Å². The Bertz CT molecular complexity index is 1070. The molecule has 1 aliphatic heterocycles. The van der Waals surface area contributed by atoms with E-state index in [0.717, 1.165) is 16.8 Å². The van der Waals surface area contributed by atoms with Crippen LogP contribution in [-0.2, 0) is 24.0 Å². The molecule has 30 heavy (non-hydrogen) atoms. The second-order valence-corrected chi connectivity index (χ2v) is 6.73. The van der Waals surface area contributed by atoms with Crippen LogP contribution in [0.2, 0.25) is 0 Å². The minimum atomic E-state index is -4.64. The van der Waals surface area contributed by atoms with Gasteiger partial charge in [0.2, 0.25) is 17.7 Å². The third-order valence-electron chi connectivity index (χ3n) is 4.53. The molecule has 0 saturated carbocycles. The van der Waals surface area contributed by atoms with Gasteiger partial charge >= 0.3 is 6.18 Å². The number of rotatable bonds is 5. The van der Waals surface area contributed by atoms with Crippen LogP contribution < -0.4 is 15.4 Å². The molecule has 0 radical (unpaired) electrons. The zero-order chi connectivity index (χ0) is 21.1. The van der Waals surface area contributed by atoms with Crippen LogP contribution in [0.25, 0.3) is 0 Å². The van der Waals surface area contributed by atoms with Crippen LogP contribution in [0.1, 0.15) is 23.1 Å². The Morgan fingerprint density at radius 2 is 1.90 bits per heavy atom. The van der Waals surface area contributed by atoms with Gasteiger partial charge in [0, 0.05) is 24.0 Å². The number of nitrogens with zero attached hydrogens (tertiary/aromatic N) is 2. The van der Waals surface area contributed by atoms with Crippen molar-refractivity contribution >= 4 is 23.2 Å². The van der Waals surface area contributed by atoms with Gasteiger partial charge in [0.1, 0.15) is 12.2 Å². The van der Waals surface area contributed by atoms with Crippen LogP contribution >= 0.6 is 0 Å². The Labute approximate surface area is 170 Å². The highest BCUT2D eigenvalue weighted by Crippen LogP contribution is 2.36. The highest BCUT2D eigenvalue weighted by atomic mass is 19.4. The molecule has 2 N–H and O–H groups in total. The molecule has 0 unspecified atom stereocenters. The summed E-state index contributed by atoms with van der Waals surface area (Å²) in [6.45, 7) is -0.0566. The van der Waals surface area contributed by atoms with E-state index in [9.17, 15) is 18.0 Å². The van der Waals surface area contributed by atoms with Crippen LogP contribution in [0, 0.1) is 0 Å². The summed E-state index contributed by atoms with van der Waals surface area (Å²) in [4.78, 5) is 19.2. The Hall–Kier alpha value is -3.62. The Morgan fingerprint density at radius 3 is 2.67 bits per heavy atom. The van der Waals surface area contributed by atoms with Gasteiger partial charge in [0.25, 0.3) is 0 Å². The van der Waals surface area contributed by atoms with Crippen LogP contribution in [0.3, 0.4) is 0 Å². The summed E-state index contributed by atoms with van der Waals surface area (Å²) in [7, 11) is 0. The number of ether oxygens (including phenoxy) is 1. The second-order valence-electron chi connectivity index (χ2n) is 6.73. The number of carbonyl (C=O) groups is 1. The number of amides is 1. The molecule has 6 nitrogen and oxygen atoms in total. The summed E-state index contributed by atoms with van der Waals surface area (Å²) in [6.07, 6.45) is -2.98. The summed E-state index contributed by atoms with van der Waals surface area (Å²) in [5, 5.41) is 5.67. The summed E-state index contributed by atoms with van der Waals surface area (Å²) in [6, 6.07) is 14.1. The smallest absolute Gasteiger partial charge is 0.423 e. The van der Waals surface area contributed by atoms with Gasteiger partial charge in [0.15, 0.2) is 0 Å². The quantitative estimate of drug-likeness (QED) is 0.633. The van der Waals surface area contributed by atoms with E-state index < -0.39 is 17.6 Å². The molecule has 0 fully saturated rings. The van der Waals surface area contributed by atoms with Gasteiger partial charge in [-0.05, 0) is 35.7 Å². The summed E-state index contributed by atoms with van der Waals surface area (Å²) < 4.78 is 45.4. The molecular weight excluding hydrogens is 397 g/mol. The van der Waals surface area contributed by atoms with E-state index in [0.29, 0.717) is 24.7 Å². The zero-order valence-corrected chi connectivity index (χ0v) is 15.7.